The van der Waals surface area contributed by atoms with Crippen molar-refractivity contribution in [2.75, 3.05) is 0 Å². The summed E-state index contributed by atoms with van der Waals surface area (Å²) in [7, 11) is 1.78. The average molecular weight is 647 g/mol. The van der Waals surface area contributed by atoms with E-state index < -0.39 is 70.0 Å². The molecule has 1 aromatic rings. The summed E-state index contributed by atoms with van der Waals surface area (Å²) in [5, 5.41) is 11.1. The molecule has 0 unspecified atom stereocenters. The first-order valence-corrected chi connectivity index (χ1v) is 24.2. The number of hydrogen-bond acceptors (Lipinski definition) is 1. The molecule has 3 rings (SSSR count). The Hall–Kier alpha value is 1.25. The van der Waals surface area contributed by atoms with E-state index in [0.29, 0.717) is 21.8 Å². The molecule has 125 valence electrons. The van der Waals surface area contributed by atoms with Gasteiger partial charge in [0.1, 0.15) is 0 Å². The van der Waals surface area contributed by atoms with Crippen LogP contribution < -0.4 is 0 Å². The van der Waals surface area contributed by atoms with E-state index in [0.717, 1.165) is 5.57 Å². The third kappa shape index (κ3) is 4.23. The summed E-state index contributed by atoms with van der Waals surface area (Å²) in [4.78, 5) is 3.66. The molecule has 2 heterocycles. The Labute approximate surface area is 200 Å². The molecule has 0 fully saturated rings. The van der Waals surface area contributed by atoms with Crippen LogP contribution in [0.3, 0.4) is 0 Å². The van der Waals surface area contributed by atoms with Gasteiger partial charge in [0.05, 0.1) is 0 Å². The summed E-state index contributed by atoms with van der Waals surface area (Å²) >= 11 is -2.38. The van der Waals surface area contributed by atoms with Gasteiger partial charge in [-0.25, -0.2) is 0 Å². The van der Waals surface area contributed by atoms with Crippen LogP contribution in [-0.4, -0.2) is 44.2 Å². The fourth-order valence-corrected chi connectivity index (χ4v) is 53.3. The van der Waals surface area contributed by atoms with Crippen LogP contribution in [0.25, 0.3) is 13.0 Å². The summed E-state index contributed by atoms with van der Waals surface area (Å²) in [6, 6.07) is 4.57. The molecule has 1 aliphatic heterocycles. The van der Waals surface area contributed by atoms with Gasteiger partial charge in [-0.05, 0) is 0 Å². The molecule has 6 heteroatoms. The van der Waals surface area contributed by atoms with Crippen LogP contribution in [0.15, 0.2) is 17.2 Å². The van der Waals surface area contributed by atoms with E-state index in [9.17, 15) is 5.26 Å². The second-order valence-corrected chi connectivity index (χ2v) is 27.6. The fourth-order valence-electron chi connectivity index (χ4n) is 3.61. The molecule has 0 aromatic carbocycles. The molecule has 4 radical (unpaired) electrons. The predicted octanol–water partition coefficient (Wildman–Crippen LogP) is 5.38. The minimum atomic E-state index is -1.39. The quantitative estimate of drug-likeness (QED) is 0.212. The molecule has 1 aromatic heterocycles. The Morgan fingerprint density at radius 2 is 1.92 bits per heavy atom. The van der Waals surface area contributed by atoms with Gasteiger partial charge in [0.2, 0.25) is 0 Å². The first-order valence-electron chi connectivity index (χ1n) is 8.97. The number of allylic oxidation sites excluding steroid dienone is 3. The summed E-state index contributed by atoms with van der Waals surface area (Å²) in [6.07, 6.45) is 0. The van der Waals surface area contributed by atoms with Crippen molar-refractivity contribution in [3.63, 3.8) is 0 Å². The van der Waals surface area contributed by atoms with E-state index in [1.165, 1.54) is 24.6 Å². The van der Waals surface area contributed by atoms with E-state index >= 15 is 0 Å². The topological polar surface area (TPSA) is 28.1 Å². The molecule has 0 spiro atoms. The molecule has 2 nitrogen and oxygen atoms in total. The first-order chi connectivity index (χ1) is 12.1. The summed E-state index contributed by atoms with van der Waals surface area (Å²) < 4.78 is 5.21. The summed E-state index contributed by atoms with van der Waals surface area (Å²) in [5.41, 5.74) is 4.56. The second-order valence-electron chi connectivity index (χ2n) is 9.12. The number of nitriles is 1. The standard InChI is InChI=1S/C15H11N2P.C5H9.K.U.V/c1-15(2,3)14-7-12-10(9-18-14)5-6-11(12)13(8-16)17-4;1-5(2,3)4;;;/h7,9H,1-3H3;1-3H3;;;/b13-11+;;;;. The van der Waals surface area contributed by atoms with Gasteiger partial charge >= 0.3 is 204 Å². The number of fused-ring (bicyclic) bond motifs is 2. The Kier molecular flexibility index (Phi) is 6.90. The Morgan fingerprint density at radius 3 is 2.46 bits per heavy atom. The molecule has 2 aliphatic rings. The molecule has 0 saturated heterocycles. The van der Waals surface area contributed by atoms with Crippen molar-refractivity contribution in [3.8, 4) is 6.07 Å². The SMILES string of the molecule is [C-]#[N+]/C(C#N)=C1\[C]2=[C]([U]=[V][C](C(C)(C)C)=[K]2)c2cpc(C(C)(C)C)cc21. The second kappa shape index (κ2) is 8.18. The monoisotopic (exact) mass is 647 g/mol. The van der Waals surface area contributed by atoms with Crippen LogP contribution >= 0.6 is 8.19 Å². The molecule has 0 atom stereocenters. The number of hydrogen-bond donors (Lipinski definition) is 0. The van der Waals surface area contributed by atoms with Crippen molar-refractivity contribution < 1.29 is 34.7 Å². The Balaban J connectivity index is 2.33. The van der Waals surface area contributed by atoms with Gasteiger partial charge in [0.25, 0.3) is 0 Å². The van der Waals surface area contributed by atoms with Gasteiger partial charge < -0.3 is 0 Å². The molecular weight excluding hydrogens is 627 g/mol. The normalized spacial score (nSPS) is 17.9. The minimum absolute atomic E-state index is 0.123. The zero-order chi connectivity index (χ0) is 19.3. The van der Waals surface area contributed by atoms with Crippen LogP contribution in [0.5, 0.6) is 0 Å². The maximum atomic E-state index is 9.66. The molecule has 26 heavy (non-hydrogen) atoms. The summed E-state index contributed by atoms with van der Waals surface area (Å²) in [5.74, 6) is 2.41. The summed E-state index contributed by atoms with van der Waals surface area (Å²) in [6.45, 7) is 21.5. The van der Waals surface area contributed by atoms with Gasteiger partial charge in [0, 0.05) is 0 Å². The van der Waals surface area contributed by atoms with Gasteiger partial charge in [0.15, 0.2) is 0 Å². The van der Waals surface area contributed by atoms with Crippen LogP contribution in [0.4, 0.5) is 0 Å². The number of rotatable bonds is 0. The van der Waals surface area contributed by atoms with Crippen LogP contribution in [0.1, 0.15) is 58.0 Å². The van der Waals surface area contributed by atoms with E-state index in [-0.39, 0.29) is 5.41 Å². The van der Waals surface area contributed by atoms with Crippen molar-refractivity contribution in [2.45, 2.75) is 47.0 Å². The van der Waals surface area contributed by atoms with Crippen molar-refractivity contribution >= 4 is 60.6 Å². The average Bonchev–Trinajstić information content (AvgIpc) is 2.88. The van der Waals surface area contributed by atoms with Gasteiger partial charge in [-0.15, -0.1) is 0 Å². The van der Waals surface area contributed by atoms with Crippen molar-refractivity contribution in [2.24, 2.45) is 5.41 Å². The Morgan fingerprint density at radius 1 is 1.23 bits per heavy atom. The van der Waals surface area contributed by atoms with Gasteiger partial charge in [-0.3, -0.25) is 0 Å². The molecular formula is C20H20KN2PUV. The van der Waals surface area contributed by atoms with E-state index in [1.54, 1.807) is 2.27 Å². The van der Waals surface area contributed by atoms with Crippen LogP contribution in [0.2, 0.25) is 0 Å². The molecule has 0 saturated carbocycles. The Bertz CT molecular complexity index is 1010. The zero-order valence-corrected chi connectivity index (χ0v) is 26.0. The van der Waals surface area contributed by atoms with Gasteiger partial charge in [-0.1, -0.05) is 0 Å². The molecule has 0 bridgehead atoms. The third-order valence-electron chi connectivity index (χ3n) is 5.32. The predicted molar refractivity (Wildman–Crippen MR) is 104 cm³/mol. The van der Waals surface area contributed by atoms with Crippen molar-refractivity contribution in [3.05, 3.63) is 45.1 Å². The van der Waals surface area contributed by atoms with Crippen LogP contribution in [-0.2, 0) is 16.1 Å². The van der Waals surface area contributed by atoms with Crippen LogP contribution in [0, 0.1) is 47.3 Å². The van der Waals surface area contributed by atoms with E-state index in [2.05, 4.69) is 64.3 Å². The molecule has 0 N–H and O–H groups in total. The zero-order valence-electron chi connectivity index (χ0n) is 16.4. The van der Waals surface area contributed by atoms with Crippen molar-refractivity contribution in [1.29, 1.82) is 5.26 Å². The molecule has 1 aliphatic carbocycles. The van der Waals surface area contributed by atoms with E-state index in [4.69, 9.17) is 6.57 Å². The van der Waals surface area contributed by atoms with Crippen molar-refractivity contribution in [1.82, 2.24) is 0 Å². The maximum absolute atomic E-state index is 9.66. The first kappa shape index (κ1) is 21.9. The molecule has 0 amide bonds. The van der Waals surface area contributed by atoms with E-state index in [1.807, 2.05) is -1.72 Å². The number of nitrogens with zero attached hydrogens (tertiary/aromatic N) is 2. The fraction of sp³-hybridized carbons (Fsp3) is 0.400. The third-order valence-corrected chi connectivity index (χ3v) is 46.6. The van der Waals surface area contributed by atoms with Gasteiger partial charge in [-0.2, -0.15) is 0 Å².